The van der Waals surface area contributed by atoms with Crippen LogP contribution in [0.4, 0.5) is 4.79 Å². The number of imidazole rings is 1. The third kappa shape index (κ3) is 3.78. The molecule has 2 N–H and O–H groups in total. The second-order valence-corrected chi connectivity index (χ2v) is 5.42. The van der Waals surface area contributed by atoms with E-state index in [1.807, 2.05) is 60.3 Å². The summed E-state index contributed by atoms with van der Waals surface area (Å²) in [6, 6.07) is 13.0. The van der Waals surface area contributed by atoms with Crippen LogP contribution in [-0.2, 0) is 13.6 Å². The molecule has 3 aromatic rings. The molecule has 0 aliphatic rings. The van der Waals surface area contributed by atoms with Gasteiger partial charge in [0.2, 0.25) is 0 Å². The number of rotatable bonds is 5. The van der Waals surface area contributed by atoms with Crippen molar-refractivity contribution in [3.8, 4) is 0 Å². The van der Waals surface area contributed by atoms with Crippen LogP contribution in [0.15, 0.2) is 67.3 Å². The van der Waals surface area contributed by atoms with Gasteiger partial charge in [-0.3, -0.25) is 4.98 Å². The van der Waals surface area contributed by atoms with E-state index in [0.29, 0.717) is 6.54 Å². The van der Waals surface area contributed by atoms with Crippen molar-refractivity contribution in [1.82, 2.24) is 25.2 Å². The maximum absolute atomic E-state index is 12.3. The van der Waals surface area contributed by atoms with Gasteiger partial charge < -0.3 is 15.2 Å². The number of hydrogen-bond acceptors (Lipinski definition) is 3. The molecule has 2 aromatic heterocycles. The SMILES string of the molecule is Cn1ccnc1C(NC(=O)NCc1ccncc1)c1ccccc1. The van der Waals surface area contributed by atoms with Crippen molar-refractivity contribution >= 4 is 6.03 Å². The maximum Gasteiger partial charge on any atom is 0.315 e. The minimum Gasteiger partial charge on any atom is -0.336 e. The van der Waals surface area contributed by atoms with Gasteiger partial charge in [-0.05, 0) is 23.3 Å². The summed E-state index contributed by atoms with van der Waals surface area (Å²) >= 11 is 0. The molecule has 0 aliphatic carbocycles. The van der Waals surface area contributed by atoms with E-state index < -0.39 is 0 Å². The van der Waals surface area contributed by atoms with E-state index in [1.165, 1.54) is 0 Å². The maximum atomic E-state index is 12.3. The zero-order valence-corrected chi connectivity index (χ0v) is 13.4. The number of pyridine rings is 1. The molecule has 6 heteroatoms. The molecular formula is C18H19N5O. The quantitative estimate of drug-likeness (QED) is 0.758. The molecule has 0 saturated heterocycles. The van der Waals surface area contributed by atoms with Crippen LogP contribution in [0, 0.1) is 0 Å². The normalized spacial score (nSPS) is 11.7. The Morgan fingerprint density at radius 1 is 1.12 bits per heavy atom. The zero-order valence-electron chi connectivity index (χ0n) is 13.4. The van der Waals surface area contributed by atoms with Gasteiger partial charge in [0.1, 0.15) is 11.9 Å². The van der Waals surface area contributed by atoms with E-state index in [4.69, 9.17) is 0 Å². The van der Waals surface area contributed by atoms with Crippen molar-refractivity contribution < 1.29 is 4.79 Å². The molecule has 1 aromatic carbocycles. The Morgan fingerprint density at radius 3 is 2.54 bits per heavy atom. The molecule has 0 fully saturated rings. The van der Waals surface area contributed by atoms with Crippen LogP contribution in [0.2, 0.25) is 0 Å². The number of aryl methyl sites for hydroxylation is 1. The van der Waals surface area contributed by atoms with Gasteiger partial charge in [0.15, 0.2) is 0 Å². The summed E-state index contributed by atoms with van der Waals surface area (Å²) in [4.78, 5) is 20.7. The summed E-state index contributed by atoms with van der Waals surface area (Å²) in [7, 11) is 1.91. The third-order valence-corrected chi connectivity index (χ3v) is 3.73. The average molecular weight is 321 g/mol. The molecule has 1 unspecified atom stereocenters. The highest BCUT2D eigenvalue weighted by atomic mass is 16.2. The van der Waals surface area contributed by atoms with Gasteiger partial charge >= 0.3 is 6.03 Å². The van der Waals surface area contributed by atoms with Gasteiger partial charge in [0.05, 0.1) is 0 Å². The first-order valence-corrected chi connectivity index (χ1v) is 7.69. The molecule has 0 spiro atoms. The van der Waals surface area contributed by atoms with E-state index in [-0.39, 0.29) is 12.1 Å². The van der Waals surface area contributed by atoms with E-state index in [9.17, 15) is 4.79 Å². The number of carbonyl (C=O) groups excluding carboxylic acids is 1. The van der Waals surface area contributed by atoms with Crippen LogP contribution in [-0.4, -0.2) is 20.6 Å². The predicted octanol–water partition coefficient (Wildman–Crippen LogP) is 2.40. The lowest BCUT2D eigenvalue weighted by molar-refractivity contribution is 0.237. The Kier molecular flexibility index (Phi) is 4.86. The lowest BCUT2D eigenvalue weighted by Crippen LogP contribution is -2.38. The molecule has 0 bridgehead atoms. The molecule has 1 atom stereocenters. The number of carbonyl (C=O) groups is 1. The first kappa shape index (κ1) is 15.7. The lowest BCUT2D eigenvalue weighted by Gasteiger charge is -2.19. The van der Waals surface area contributed by atoms with Crippen LogP contribution in [0.5, 0.6) is 0 Å². The summed E-state index contributed by atoms with van der Waals surface area (Å²) in [5.41, 5.74) is 1.97. The fourth-order valence-electron chi connectivity index (χ4n) is 2.46. The van der Waals surface area contributed by atoms with Crippen molar-refractivity contribution in [3.05, 3.63) is 84.2 Å². The summed E-state index contributed by atoms with van der Waals surface area (Å²) < 4.78 is 1.90. The monoisotopic (exact) mass is 321 g/mol. The number of nitrogens with zero attached hydrogens (tertiary/aromatic N) is 3. The fourth-order valence-corrected chi connectivity index (χ4v) is 2.46. The van der Waals surface area contributed by atoms with Gasteiger partial charge in [-0.1, -0.05) is 30.3 Å². The third-order valence-electron chi connectivity index (χ3n) is 3.73. The van der Waals surface area contributed by atoms with E-state index in [0.717, 1.165) is 17.0 Å². The van der Waals surface area contributed by atoms with Crippen molar-refractivity contribution in [2.24, 2.45) is 7.05 Å². The van der Waals surface area contributed by atoms with Crippen molar-refractivity contribution in [3.63, 3.8) is 0 Å². The van der Waals surface area contributed by atoms with Crippen molar-refractivity contribution in [2.75, 3.05) is 0 Å². The molecule has 2 heterocycles. The number of hydrogen-bond donors (Lipinski definition) is 2. The van der Waals surface area contributed by atoms with Gasteiger partial charge in [0.25, 0.3) is 0 Å². The second-order valence-electron chi connectivity index (χ2n) is 5.42. The van der Waals surface area contributed by atoms with Crippen LogP contribution in [0.1, 0.15) is 23.0 Å². The van der Waals surface area contributed by atoms with Crippen LogP contribution in [0.25, 0.3) is 0 Å². The molecule has 6 nitrogen and oxygen atoms in total. The number of urea groups is 1. The molecule has 0 radical (unpaired) electrons. The number of aromatic nitrogens is 3. The molecule has 122 valence electrons. The summed E-state index contributed by atoms with van der Waals surface area (Å²) in [5.74, 6) is 0.778. The fraction of sp³-hybridized carbons (Fsp3) is 0.167. The van der Waals surface area contributed by atoms with Gasteiger partial charge in [-0.25, -0.2) is 9.78 Å². The number of benzene rings is 1. The number of amides is 2. The minimum absolute atomic E-state index is 0.247. The highest BCUT2D eigenvalue weighted by molar-refractivity contribution is 5.74. The molecule has 0 saturated carbocycles. The second kappa shape index (κ2) is 7.41. The van der Waals surface area contributed by atoms with Crippen molar-refractivity contribution in [1.29, 1.82) is 0 Å². The largest absolute Gasteiger partial charge is 0.336 e. The topological polar surface area (TPSA) is 71.8 Å². The standard InChI is InChI=1S/C18H19N5O/c1-23-12-11-20-17(23)16(15-5-3-2-4-6-15)22-18(24)21-13-14-7-9-19-10-8-14/h2-12,16H,13H2,1H3,(H2,21,22,24). The minimum atomic E-state index is -0.316. The summed E-state index contributed by atoms with van der Waals surface area (Å²) in [5, 5.41) is 5.86. The first-order valence-electron chi connectivity index (χ1n) is 7.69. The molecule has 2 amide bonds. The van der Waals surface area contributed by atoms with Crippen LogP contribution >= 0.6 is 0 Å². The molecule has 24 heavy (non-hydrogen) atoms. The van der Waals surface area contributed by atoms with E-state index in [2.05, 4.69) is 20.6 Å². The molecule has 3 rings (SSSR count). The number of nitrogens with one attached hydrogen (secondary N) is 2. The Labute approximate surface area is 140 Å². The summed E-state index contributed by atoms with van der Waals surface area (Å²) in [6.45, 7) is 0.441. The van der Waals surface area contributed by atoms with Crippen LogP contribution in [0.3, 0.4) is 0 Å². The van der Waals surface area contributed by atoms with Gasteiger partial charge in [-0.2, -0.15) is 0 Å². The van der Waals surface area contributed by atoms with E-state index in [1.54, 1.807) is 18.6 Å². The summed E-state index contributed by atoms with van der Waals surface area (Å²) in [6.07, 6.45) is 6.99. The van der Waals surface area contributed by atoms with Crippen LogP contribution < -0.4 is 10.6 Å². The Morgan fingerprint density at radius 2 is 1.88 bits per heavy atom. The smallest absolute Gasteiger partial charge is 0.315 e. The first-order chi connectivity index (χ1) is 11.7. The van der Waals surface area contributed by atoms with Gasteiger partial charge in [-0.15, -0.1) is 0 Å². The molecular weight excluding hydrogens is 302 g/mol. The van der Waals surface area contributed by atoms with Gasteiger partial charge in [0, 0.05) is 38.4 Å². The highest BCUT2D eigenvalue weighted by Gasteiger charge is 2.20. The Hall–Kier alpha value is -3.15. The van der Waals surface area contributed by atoms with E-state index >= 15 is 0 Å². The molecule has 0 aliphatic heterocycles. The van der Waals surface area contributed by atoms with Crippen molar-refractivity contribution in [2.45, 2.75) is 12.6 Å². The zero-order chi connectivity index (χ0) is 16.8. The highest BCUT2D eigenvalue weighted by Crippen LogP contribution is 2.19. The Balaban J connectivity index is 1.72. The lowest BCUT2D eigenvalue weighted by atomic mass is 10.1. The average Bonchev–Trinajstić information content (AvgIpc) is 3.05. The predicted molar refractivity (Wildman–Crippen MR) is 91.1 cm³/mol. The Bertz CT molecular complexity index is 785.